The lowest BCUT2D eigenvalue weighted by molar-refractivity contribution is 0.668. The predicted octanol–water partition coefficient (Wildman–Crippen LogP) is 15.6. The lowest BCUT2D eigenvalue weighted by Crippen LogP contribution is -2.00. The van der Waals surface area contributed by atoms with Gasteiger partial charge in [0.1, 0.15) is 33.5 Å². The number of rotatable bonds is 6. The number of hydrogen-bond donors (Lipinski definition) is 0. The smallest absolute Gasteiger partial charge is 0.164 e. The molecule has 294 valence electrons. The zero-order valence-electron chi connectivity index (χ0n) is 33.6. The Hall–Kier alpha value is -8.61. The molecule has 0 saturated carbocycles. The monoisotopic (exact) mass is 807 g/mol. The predicted molar refractivity (Wildman–Crippen MR) is 254 cm³/mol. The third-order valence-corrected chi connectivity index (χ3v) is 12.1. The topological polar surface area (TPSA) is 78.1 Å². The summed E-state index contributed by atoms with van der Waals surface area (Å²) in [7, 11) is 0. The van der Waals surface area contributed by atoms with E-state index in [0.717, 1.165) is 116 Å². The summed E-state index contributed by atoms with van der Waals surface area (Å²) in [4.78, 5) is 15.0. The Morgan fingerprint density at radius 3 is 1.48 bits per heavy atom. The fourth-order valence-electron chi connectivity index (χ4n) is 9.21. The molecule has 6 nitrogen and oxygen atoms in total. The van der Waals surface area contributed by atoms with E-state index < -0.39 is 0 Å². The first kappa shape index (κ1) is 35.2. The van der Waals surface area contributed by atoms with E-state index in [4.69, 9.17) is 28.2 Å². The highest BCUT2D eigenvalue weighted by atomic mass is 16.3. The molecule has 0 amide bonds. The van der Waals surface area contributed by atoms with Crippen LogP contribution >= 0.6 is 0 Å². The molecule has 0 unspecified atom stereocenters. The molecule has 13 aromatic rings. The van der Waals surface area contributed by atoms with Gasteiger partial charge in [-0.15, -0.1) is 0 Å². The molecule has 0 N–H and O–H groups in total. The van der Waals surface area contributed by atoms with E-state index in [-0.39, 0.29) is 0 Å². The van der Waals surface area contributed by atoms with Crippen molar-refractivity contribution in [2.75, 3.05) is 0 Å². The number of fused-ring (bicyclic) bond motifs is 9. The highest BCUT2D eigenvalue weighted by Gasteiger charge is 2.22. The van der Waals surface area contributed by atoms with E-state index in [1.807, 2.05) is 97.1 Å². The zero-order chi connectivity index (χ0) is 41.4. The third-order valence-electron chi connectivity index (χ3n) is 12.1. The van der Waals surface area contributed by atoms with Crippen LogP contribution in [0.5, 0.6) is 0 Å². The summed E-state index contributed by atoms with van der Waals surface area (Å²) in [6.45, 7) is 0. The van der Waals surface area contributed by atoms with Crippen LogP contribution < -0.4 is 0 Å². The number of para-hydroxylation sites is 2. The standard InChI is InChI=1S/C57H33N3O3/c1-3-14-34(15-4-1)55-58-56(35-16-5-2-6-17-35)60-57(59-55)38-19-11-18-36(30-38)40-22-12-27-50-53(40)46-32-39(41-23-13-26-49-52(41)44-21-8-10-25-48(44)61-49)31-45(54(46)63-50)37-28-29-43-42-20-7-9-24-47(42)62-51(43)33-37/h1-33H. The van der Waals surface area contributed by atoms with E-state index in [0.29, 0.717) is 17.5 Å². The molecule has 0 bridgehead atoms. The van der Waals surface area contributed by atoms with Crippen molar-refractivity contribution in [3.8, 4) is 67.5 Å². The molecule has 0 fully saturated rings. The summed E-state index contributed by atoms with van der Waals surface area (Å²) in [6.07, 6.45) is 0. The van der Waals surface area contributed by atoms with Crippen molar-refractivity contribution >= 4 is 65.8 Å². The van der Waals surface area contributed by atoms with E-state index in [1.54, 1.807) is 0 Å². The van der Waals surface area contributed by atoms with Crippen LogP contribution in [0.1, 0.15) is 0 Å². The second-order valence-electron chi connectivity index (χ2n) is 15.9. The molecule has 0 aliphatic carbocycles. The Kier molecular flexibility index (Phi) is 7.80. The summed E-state index contributed by atoms with van der Waals surface area (Å²) in [5, 5.41) is 6.35. The SMILES string of the molecule is c1ccc(-c2nc(-c3ccccc3)nc(-c3cccc(-c4cccc5oc6c(-c7ccc8c(c7)oc7ccccc78)cc(-c7cccc8oc9ccccc9c78)cc6c45)c3)n2)cc1. The molecule has 13 rings (SSSR count). The summed E-state index contributed by atoms with van der Waals surface area (Å²) < 4.78 is 19.8. The molecule has 0 aliphatic heterocycles. The zero-order valence-corrected chi connectivity index (χ0v) is 33.6. The van der Waals surface area contributed by atoms with E-state index in [1.165, 1.54) is 0 Å². The molecule has 0 spiro atoms. The van der Waals surface area contributed by atoms with Crippen molar-refractivity contribution in [3.05, 3.63) is 200 Å². The number of hydrogen-bond acceptors (Lipinski definition) is 6. The van der Waals surface area contributed by atoms with Crippen LogP contribution in [0.3, 0.4) is 0 Å². The van der Waals surface area contributed by atoms with Gasteiger partial charge in [0.2, 0.25) is 0 Å². The minimum absolute atomic E-state index is 0.597. The van der Waals surface area contributed by atoms with Crippen LogP contribution in [0.4, 0.5) is 0 Å². The summed E-state index contributed by atoms with van der Waals surface area (Å²) in [5.41, 5.74) is 13.9. The van der Waals surface area contributed by atoms with Gasteiger partial charge in [0, 0.05) is 54.6 Å². The molecule has 6 heteroatoms. The maximum atomic E-state index is 6.97. The van der Waals surface area contributed by atoms with E-state index in [9.17, 15) is 0 Å². The fraction of sp³-hybridized carbons (Fsp3) is 0. The second-order valence-corrected chi connectivity index (χ2v) is 15.9. The molecule has 63 heavy (non-hydrogen) atoms. The molecule has 4 aromatic heterocycles. The molecule has 9 aromatic carbocycles. The lowest BCUT2D eigenvalue weighted by atomic mass is 9.91. The Morgan fingerprint density at radius 1 is 0.254 bits per heavy atom. The Balaban J connectivity index is 1.04. The van der Waals surface area contributed by atoms with Crippen molar-refractivity contribution in [3.63, 3.8) is 0 Å². The molecular weight excluding hydrogens is 775 g/mol. The Labute approximate surface area is 360 Å². The summed E-state index contributed by atoms with van der Waals surface area (Å²) in [6, 6.07) is 68.6. The number of furan rings is 3. The van der Waals surface area contributed by atoms with Gasteiger partial charge in [0.25, 0.3) is 0 Å². The maximum absolute atomic E-state index is 6.97. The van der Waals surface area contributed by atoms with Crippen LogP contribution in [0.25, 0.3) is 133 Å². The average Bonchev–Trinajstić information content (AvgIpc) is 4.05. The molecule has 0 aliphatic rings. The third kappa shape index (κ3) is 5.76. The molecule has 0 radical (unpaired) electrons. The second kappa shape index (κ2) is 14.0. The number of benzene rings is 9. The van der Waals surface area contributed by atoms with Crippen molar-refractivity contribution in [2.45, 2.75) is 0 Å². The van der Waals surface area contributed by atoms with Crippen LogP contribution in [0.2, 0.25) is 0 Å². The van der Waals surface area contributed by atoms with Gasteiger partial charge >= 0.3 is 0 Å². The lowest BCUT2D eigenvalue weighted by Gasteiger charge is -2.11. The largest absolute Gasteiger partial charge is 0.456 e. The average molecular weight is 808 g/mol. The van der Waals surface area contributed by atoms with Gasteiger partial charge in [-0.05, 0) is 82.4 Å². The van der Waals surface area contributed by atoms with Gasteiger partial charge in [-0.2, -0.15) is 0 Å². The van der Waals surface area contributed by atoms with Gasteiger partial charge in [-0.3, -0.25) is 0 Å². The van der Waals surface area contributed by atoms with Crippen molar-refractivity contribution < 1.29 is 13.3 Å². The first-order valence-electron chi connectivity index (χ1n) is 21.0. The van der Waals surface area contributed by atoms with E-state index >= 15 is 0 Å². The van der Waals surface area contributed by atoms with E-state index in [2.05, 4.69) is 103 Å². The van der Waals surface area contributed by atoms with Crippen LogP contribution in [0.15, 0.2) is 213 Å². The molecule has 0 atom stereocenters. The van der Waals surface area contributed by atoms with Crippen LogP contribution in [-0.4, -0.2) is 15.0 Å². The Bertz CT molecular complexity index is 3860. The van der Waals surface area contributed by atoms with Gasteiger partial charge in [-0.1, -0.05) is 146 Å². The van der Waals surface area contributed by atoms with Gasteiger partial charge in [0.15, 0.2) is 17.5 Å². The maximum Gasteiger partial charge on any atom is 0.164 e. The van der Waals surface area contributed by atoms with Crippen molar-refractivity contribution in [1.82, 2.24) is 15.0 Å². The highest BCUT2D eigenvalue weighted by molar-refractivity contribution is 6.19. The van der Waals surface area contributed by atoms with Crippen molar-refractivity contribution in [1.29, 1.82) is 0 Å². The number of nitrogens with zero attached hydrogens (tertiary/aromatic N) is 3. The van der Waals surface area contributed by atoms with Gasteiger partial charge in [0.05, 0.1) is 0 Å². The normalized spacial score (nSPS) is 11.8. The van der Waals surface area contributed by atoms with Gasteiger partial charge in [-0.25, -0.2) is 15.0 Å². The molecule has 0 saturated heterocycles. The van der Waals surface area contributed by atoms with Gasteiger partial charge < -0.3 is 13.3 Å². The first-order chi connectivity index (χ1) is 31.2. The minimum Gasteiger partial charge on any atom is -0.456 e. The molecule has 4 heterocycles. The molecular formula is C57H33N3O3. The quantitative estimate of drug-likeness (QED) is 0.166. The highest BCUT2D eigenvalue weighted by Crippen LogP contribution is 2.46. The van der Waals surface area contributed by atoms with Crippen LogP contribution in [-0.2, 0) is 0 Å². The minimum atomic E-state index is 0.597. The first-order valence-corrected chi connectivity index (χ1v) is 21.0. The van der Waals surface area contributed by atoms with Crippen molar-refractivity contribution in [2.24, 2.45) is 0 Å². The van der Waals surface area contributed by atoms with Crippen LogP contribution in [0, 0.1) is 0 Å². The summed E-state index contributed by atoms with van der Waals surface area (Å²) >= 11 is 0. The number of aromatic nitrogens is 3. The Morgan fingerprint density at radius 2 is 0.746 bits per heavy atom. The summed E-state index contributed by atoms with van der Waals surface area (Å²) in [5.74, 6) is 1.84. The fourth-order valence-corrected chi connectivity index (χ4v) is 9.21.